The van der Waals surface area contributed by atoms with Crippen molar-refractivity contribution in [2.24, 2.45) is 0 Å². The van der Waals surface area contributed by atoms with Crippen molar-refractivity contribution in [2.75, 3.05) is 29.4 Å². The summed E-state index contributed by atoms with van der Waals surface area (Å²) in [6.07, 6.45) is 0. The van der Waals surface area contributed by atoms with Crippen molar-refractivity contribution < 1.29 is 17.9 Å². The predicted molar refractivity (Wildman–Crippen MR) is 69.7 cm³/mol. The minimum absolute atomic E-state index is 0.144. The molecular weight excluding hydrogens is 256 g/mol. The number of nitrogens with two attached hydrogens (primary N) is 1. The Morgan fingerprint density at radius 2 is 2.00 bits per heavy atom. The van der Waals surface area contributed by atoms with Crippen LogP contribution in [0.1, 0.15) is 6.92 Å². The number of para-hydroxylation sites is 2. The number of sulfonamides is 1. The summed E-state index contributed by atoms with van der Waals surface area (Å²) in [7, 11) is -2.43. The molecule has 0 radical (unpaired) electrons. The summed E-state index contributed by atoms with van der Waals surface area (Å²) in [6.45, 7) is 1.76. The van der Waals surface area contributed by atoms with Crippen LogP contribution in [0, 0.1) is 0 Å². The predicted octanol–water partition coefficient (Wildman–Crippen LogP) is 0.598. The van der Waals surface area contributed by atoms with E-state index in [1.54, 1.807) is 31.2 Å². The highest BCUT2D eigenvalue weighted by Crippen LogP contribution is 2.23. The van der Waals surface area contributed by atoms with Gasteiger partial charge in [0.1, 0.15) is 0 Å². The molecule has 0 spiro atoms. The van der Waals surface area contributed by atoms with E-state index in [2.05, 4.69) is 4.74 Å². The quantitative estimate of drug-likeness (QED) is 0.626. The molecular formula is C11H16N2O4S. The third-order valence-electron chi connectivity index (χ3n) is 2.30. The molecule has 0 aliphatic rings. The second kappa shape index (κ2) is 5.72. The van der Waals surface area contributed by atoms with Gasteiger partial charge in [-0.3, -0.25) is 9.10 Å². The molecule has 0 amide bonds. The number of ether oxygens (including phenoxy) is 1. The molecule has 6 nitrogen and oxygen atoms in total. The van der Waals surface area contributed by atoms with Gasteiger partial charge < -0.3 is 10.5 Å². The molecule has 1 aromatic carbocycles. The van der Waals surface area contributed by atoms with E-state index in [1.807, 2.05) is 0 Å². The summed E-state index contributed by atoms with van der Waals surface area (Å²) in [5.74, 6) is -1.48. The summed E-state index contributed by atoms with van der Waals surface area (Å²) in [5.41, 5.74) is 6.35. The van der Waals surface area contributed by atoms with Gasteiger partial charge in [0.05, 0.1) is 18.0 Å². The van der Waals surface area contributed by atoms with Crippen LogP contribution < -0.4 is 10.0 Å². The number of esters is 1. The monoisotopic (exact) mass is 272 g/mol. The first-order valence-corrected chi connectivity index (χ1v) is 6.96. The Hall–Kier alpha value is -1.76. The van der Waals surface area contributed by atoms with Gasteiger partial charge in [-0.15, -0.1) is 0 Å². The molecule has 0 aromatic heterocycles. The number of hydrogen-bond acceptors (Lipinski definition) is 5. The van der Waals surface area contributed by atoms with Gasteiger partial charge in [0.25, 0.3) is 0 Å². The van der Waals surface area contributed by atoms with Crippen molar-refractivity contribution in [2.45, 2.75) is 6.92 Å². The first-order valence-electron chi connectivity index (χ1n) is 5.35. The summed E-state index contributed by atoms with van der Waals surface area (Å²) < 4.78 is 29.5. The second-order valence-electron chi connectivity index (χ2n) is 3.59. The van der Waals surface area contributed by atoms with Crippen LogP contribution >= 0.6 is 0 Å². The topological polar surface area (TPSA) is 89.7 Å². The van der Waals surface area contributed by atoms with Crippen LogP contribution in [0.4, 0.5) is 11.4 Å². The Balaban J connectivity index is 2.93. The van der Waals surface area contributed by atoms with E-state index in [-0.39, 0.29) is 6.61 Å². The summed E-state index contributed by atoms with van der Waals surface area (Å²) >= 11 is 0. The lowest BCUT2D eigenvalue weighted by Crippen LogP contribution is -2.33. The molecule has 0 saturated heterocycles. The third kappa shape index (κ3) is 3.36. The van der Waals surface area contributed by atoms with Gasteiger partial charge in [0.2, 0.25) is 10.0 Å². The van der Waals surface area contributed by atoms with Gasteiger partial charge in [0, 0.05) is 7.05 Å². The highest BCUT2D eigenvalue weighted by Gasteiger charge is 2.24. The number of carbonyl (C=O) groups excluding carboxylic acids is 1. The maximum absolute atomic E-state index is 11.9. The number of benzene rings is 1. The minimum atomic E-state index is -3.78. The van der Waals surface area contributed by atoms with E-state index in [4.69, 9.17) is 5.73 Å². The molecule has 0 saturated carbocycles. The largest absolute Gasteiger partial charge is 0.465 e. The second-order valence-corrected chi connectivity index (χ2v) is 5.59. The van der Waals surface area contributed by atoms with E-state index >= 15 is 0 Å². The number of hydrogen-bond donors (Lipinski definition) is 1. The Morgan fingerprint density at radius 1 is 1.39 bits per heavy atom. The Labute approximate surface area is 106 Å². The number of carbonyl (C=O) groups is 1. The molecule has 18 heavy (non-hydrogen) atoms. The Bertz CT molecular complexity index is 528. The van der Waals surface area contributed by atoms with Crippen LogP contribution in [0.25, 0.3) is 0 Å². The average Bonchev–Trinajstić information content (AvgIpc) is 2.28. The molecule has 0 heterocycles. The van der Waals surface area contributed by atoms with Crippen molar-refractivity contribution >= 4 is 27.4 Å². The zero-order valence-corrected chi connectivity index (χ0v) is 11.1. The van der Waals surface area contributed by atoms with E-state index in [0.717, 1.165) is 4.31 Å². The Kier molecular flexibility index (Phi) is 4.55. The number of anilines is 2. The Morgan fingerprint density at radius 3 is 2.56 bits per heavy atom. The van der Waals surface area contributed by atoms with Crippen LogP contribution in [-0.2, 0) is 19.6 Å². The molecule has 0 atom stereocenters. The molecule has 100 valence electrons. The van der Waals surface area contributed by atoms with Crippen LogP contribution in [0.5, 0.6) is 0 Å². The number of nitrogens with zero attached hydrogens (tertiary/aromatic N) is 1. The molecule has 7 heteroatoms. The van der Waals surface area contributed by atoms with Crippen LogP contribution in [0.2, 0.25) is 0 Å². The third-order valence-corrected chi connectivity index (χ3v) is 3.93. The maximum Gasteiger partial charge on any atom is 0.323 e. The lowest BCUT2D eigenvalue weighted by Gasteiger charge is -2.20. The van der Waals surface area contributed by atoms with E-state index in [0.29, 0.717) is 11.4 Å². The molecule has 0 fully saturated rings. The van der Waals surface area contributed by atoms with Crippen molar-refractivity contribution in [1.29, 1.82) is 0 Å². The fraction of sp³-hybridized carbons (Fsp3) is 0.364. The highest BCUT2D eigenvalue weighted by atomic mass is 32.2. The van der Waals surface area contributed by atoms with E-state index in [1.165, 1.54) is 7.05 Å². The van der Waals surface area contributed by atoms with Crippen LogP contribution in [-0.4, -0.2) is 33.8 Å². The van der Waals surface area contributed by atoms with Crippen molar-refractivity contribution in [1.82, 2.24) is 0 Å². The summed E-state index contributed by atoms with van der Waals surface area (Å²) in [5, 5.41) is 0. The molecule has 0 aliphatic carbocycles. The zero-order chi connectivity index (χ0) is 13.8. The van der Waals surface area contributed by atoms with Gasteiger partial charge in [-0.1, -0.05) is 12.1 Å². The number of rotatable bonds is 5. The SMILES string of the molecule is CCOC(=O)CS(=O)(=O)N(C)c1ccccc1N. The summed E-state index contributed by atoms with van der Waals surface area (Å²) in [6, 6.07) is 6.52. The van der Waals surface area contributed by atoms with Crippen molar-refractivity contribution in [3.05, 3.63) is 24.3 Å². The molecule has 2 N–H and O–H groups in total. The molecule has 0 bridgehead atoms. The molecule has 1 aromatic rings. The molecule has 0 aliphatic heterocycles. The molecule has 0 unspecified atom stereocenters. The van der Waals surface area contributed by atoms with E-state index in [9.17, 15) is 13.2 Å². The fourth-order valence-corrected chi connectivity index (χ4v) is 2.41. The van der Waals surface area contributed by atoms with Gasteiger partial charge in [-0.25, -0.2) is 8.42 Å². The van der Waals surface area contributed by atoms with Crippen molar-refractivity contribution in [3.63, 3.8) is 0 Å². The summed E-state index contributed by atoms with van der Waals surface area (Å²) in [4.78, 5) is 11.2. The zero-order valence-electron chi connectivity index (χ0n) is 10.3. The normalized spacial score (nSPS) is 11.0. The lowest BCUT2D eigenvalue weighted by molar-refractivity contribution is -0.139. The minimum Gasteiger partial charge on any atom is -0.465 e. The van der Waals surface area contributed by atoms with Gasteiger partial charge in [0.15, 0.2) is 5.75 Å². The van der Waals surface area contributed by atoms with Crippen molar-refractivity contribution in [3.8, 4) is 0 Å². The first kappa shape index (κ1) is 14.3. The molecule has 1 rings (SSSR count). The lowest BCUT2D eigenvalue weighted by atomic mass is 10.3. The van der Waals surface area contributed by atoms with Gasteiger partial charge in [-0.2, -0.15) is 0 Å². The van der Waals surface area contributed by atoms with Gasteiger partial charge in [-0.05, 0) is 19.1 Å². The first-order chi connectivity index (χ1) is 8.38. The van der Waals surface area contributed by atoms with E-state index < -0.39 is 21.7 Å². The fourth-order valence-electron chi connectivity index (χ4n) is 1.37. The standard InChI is InChI=1S/C11H16N2O4S/c1-3-17-11(14)8-18(15,16)13(2)10-7-5-4-6-9(10)12/h4-7H,3,8,12H2,1-2H3. The van der Waals surface area contributed by atoms with Crippen LogP contribution in [0.15, 0.2) is 24.3 Å². The van der Waals surface area contributed by atoms with Gasteiger partial charge >= 0.3 is 5.97 Å². The van der Waals surface area contributed by atoms with Crippen LogP contribution in [0.3, 0.4) is 0 Å². The highest BCUT2D eigenvalue weighted by molar-refractivity contribution is 7.93. The number of nitrogen functional groups attached to an aromatic ring is 1. The maximum atomic E-state index is 11.9. The average molecular weight is 272 g/mol. The smallest absolute Gasteiger partial charge is 0.323 e.